The number of hydrogen-bond acceptors (Lipinski definition) is 3. The summed E-state index contributed by atoms with van der Waals surface area (Å²) in [6.07, 6.45) is 2.38. The van der Waals surface area contributed by atoms with Crippen LogP contribution in [0, 0.1) is 11.7 Å². The molecule has 1 unspecified atom stereocenters. The standard InChI is InChI=1S/C21H21ClFNO3/c1-24(20(14-2-3-14)15-4-6-16(23)7-5-15)19(25)12-13-10-17(22)21-18(11-13)26-8-9-27-21/h4-7,10-11,14,20H,2-3,8-9,12H2,1H3. The van der Waals surface area contributed by atoms with Crippen LogP contribution in [0.1, 0.15) is 30.0 Å². The highest BCUT2D eigenvalue weighted by molar-refractivity contribution is 6.32. The first-order chi connectivity index (χ1) is 13.0. The number of hydrogen-bond donors (Lipinski definition) is 0. The molecule has 1 fully saturated rings. The molecule has 1 saturated carbocycles. The van der Waals surface area contributed by atoms with Crippen molar-refractivity contribution in [3.63, 3.8) is 0 Å². The van der Waals surface area contributed by atoms with E-state index in [0.717, 1.165) is 24.0 Å². The Morgan fingerprint density at radius 1 is 1.22 bits per heavy atom. The molecule has 1 atom stereocenters. The predicted molar refractivity (Wildman–Crippen MR) is 101 cm³/mol. The number of benzene rings is 2. The fraction of sp³-hybridized carbons (Fsp3) is 0.381. The molecule has 1 aliphatic heterocycles. The summed E-state index contributed by atoms with van der Waals surface area (Å²) in [6.45, 7) is 0.934. The van der Waals surface area contributed by atoms with Gasteiger partial charge in [0, 0.05) is 7.05 Å². The Morgan fingerprint density at radius 3 is 2.63 bits per heavy atom. The molecule has 4 rings (SSSR count). The van der Waals surface area contributed by atoms with Crippen LogP contribution in [-0.4, -0.2) is 31.1 Å². The topological polar surface area (TPSA) is 38.8 Å². The van der Waals surface area contributed by atoms with E-state index in [2.05, 4.69) is 0 Å². The third kappa shape index (κ3) is 3.88. The van der Waals surface area contributed by atoms with Crippen molar-refractivity contribution in [2.75, 3.05) is 20.3 Å². The van der Waals surface area contributed by atoms with Crippen LogP contribution in [0.25, 0.3) is 0 Å². The molecular formula is C21H21ClFNO3. The first kappa shape index (κ1) is 18.1. The number of ether oxygens (including phenoxy) is 2. The Balaban J connectivity index is 1.53. The van der Waals surface area contributed by atoms with E-state index in [1.807, 2.05) is 13.1 Å². The van der Waals surface area contributed by atoms with Crippen molar-refractivity contribution in [1.29, 1.82) is 0 Å². The van der Waals surface area contributed by atoms with Crippen molar-refractivity contribution >= 4 is 17.5 Å². The van der Waals surface area contributed by atoms with Crippen LogP contribution in [-0.2, 0) is 11.2 Å². The van der Waals surface area contributed by atoms with Crippen LogP contribution in [0.3, 0.4) is 0 Å². The number of carbonyl (C=O) groups is 1. The van der Waals surface area contributed by atoms with E-state index in [9.17, 15) is 9.18 Å². The van der Waals surface area contributed by atoms with Crippen LogP contribution in [0.15, 0.2) is 36.4 Å². The molecule has 4 nitrogen and oxygen atoms in total. The highest BCUT2D eigenvalue weighted by Crippen LogP contribution is 2.44. The highest BCUT2D eigenvalue weighted by atomic mass is 35.5. The van der Waals surface area contributed by atoms with Gasteiger partial charge in [-0.05, 0) is 54.2 Å². The van der Waals surface area contributed by atoms with Gasteiger partial charge >= 0.3 is 0 Å². The lowest BCUT2D eigenvalue weighted by Crippen LogP contribution is -2.33. The average Bonchev–Trinajstić information content (AvgIpc) is 3.48. The zero-order valence-electron chi connectivity index (χ0n) is 15.1. The number of nitrogens with zero attached hydrogens (tertiary/aromatic N) is 1. The van der Waals surface area contributed by atoms with E-state index in [-0.39, 0.29) is 24.2 Å². The number of rotatable bonds is 5. The summed E-state index contributed by atoms with van der Waals surface area (Å²) < 4.78 is 24.4. The number of carbonyl (C=O) groups excluding carboxylic acids is 1. The van der Waals surface area contributed by atoms with Gasteiger partial charge in [-0.3, -0.25) is 4.79 Å². The predicted octanol–water partition coefficient (Wildman–Crippen LogP) is 4.40. The molecule has 1 heterocycles. The minimum atomic E-state index is -0.270. The Morgan fingerprint density at radius 2 is 1.93 bits per heavy atom. The number of amides is 1. The van der Waals surface area contributed by atoms with E-state index >= 15 is 0 Å². The Labute approximate surface area is 162 Å². The van der Waals surface area contributed by atoms with Gasteiger partial charge in [0.05, 0.1) is 17.5 Å². The maximum absolute atomic E-state index is 13.3. The molecule has 0 spiro atoms. The van der Waals surface area contributed by atoms with E-state index in [4.69, 9.17) is 21.1 Å². The van der Waals surface area contributed by atoms with Crippen molar-refractivity contribution in [1.82, 2.24) is 4.90 Å². The van der Waals surface area contributed by atoms with Gasteiger partial charge in [-0.2, -0.15) is 0 Å². The molecule has 2 aromatic rings. The maximum atomic E-state index is 13.3. The smallest absolute Gasteiger partial charge is 0.227 e. The maximum Gasteiger partial charge on any atom is 0.227 e. The summed E-state index contributed by atoms with van der Waals surface area (Å²) in [6, 6.07) is 9.96. The number of fused-ring (bicyclic) bond motifs is 1. The van der Waals surface area contributed by atoms with Gasteiger partial charge in [0.2, 0.25) is 5.91 Å². The van der Waals surface area contributed by atoms with Gasteiger partial charge < -0.3 is 14.4 Å². The van der Waals surface area contributed by atoms with Gasteiger partial charge in [0.25, 0.3) is 0 Å². The third-order valence-electron chi connectivity index (χ3n) is 5.10. The van der Waals surface area contributed by atoms with Crippen LogP contribution < -0.4 is 9.47 Å². The van der Waals surface area contributed by atoms with Crippen molar-refractivity contribution in [3.8, 4) is 11.5 Å². The molecule has 1 aliphatic carbocycles. The molecule has 2 aromatic carbocycles. The van der Waals surface area contributed by atoms with Crippen molar-refractivity contribution in [2.24, 2.45) is 5.92 Å². The largest absolute Gasteiger partial charge is 0.486 e. The van der Waals surface area contributed by atoms with Gasteiger partial charge in [-0.25, -0.2) is 4.39 Å². The molecule has 0 bridgehead atoms. The molecule has 1 amide bonds. The van der Waals surface area contributed by atoms with E-state index < -0.39 is 0 Å². The van der Waals surface area contributed by atoms with Crippen molar-refractivity contribution < 1.29 is 18.7 Å². The van der Waals surface area contributed by atoms with E-state index in [1.54, 1.807) is 23.1 Å². The second-order valence-corrected chi connectivity index (χ2v) is 7.52. The Kier molecular flexibility index (Phi) is 4.96. The SMILES string of the molecule is CN(C(=O)Cc1cc(Cl)c2c(c1)OCCO2)C(c1ccc(F)cc1)C1CC1. The lowest BCUT2D eigenvalue weighted by Gasteiger charge is -2.29. The van der Waals surface area contributed by atoms with Crippen molar-refractivity contribution in [2.45, 2.75) is 25.3 Å². The van der Waals surface area contributed by atoms with Crippen molar-refractivity contribution in [3.05, 3.63) is 58.4 Å². The second-order valence-electron chi connectivity index (χ2n) is 7.12. The van der Waals surface area contributed by atoms with E-state index in [0.29, 0.717) is 35.7 Å². The molecule has 0 radical (unpaired) electrons. The zero-order valence-corrected chi connectivity index (χ0v) is 15.8. The first-order valence-electron chi connectivity index (χ1n) is 9.12. The molecule has 2 aliphatic rings. The van der Waals surface area contributed by atoms with Crippen LogP contribution in [0.4, 0.5) is 4.39 Å². The number of likely N-dealkylation sites (N-methyl/N-ethyl adjacent to an activating group) is 1. The molecular weight excluding hydrogens is 369 g/mol. The van der Waals surface area contributed by atoms with E-state index in [1.165, 1.54) is 12.1 Å². The normalized spacial score (nSPS) is 16.7. The fourth-order valence-electron chi connectivity index (χ4n) is 3.60. The molecule has 6 heteroatoms. The second kappa shape index (κ2) is 7.39. The Hall–Kier alpha value is -2.27. The first-order valence-corrected chi connectivity index (χ1v) is 9.50. The van der Waals surface area contributed by atoms with Gasteiger partial charge in [-0.15, -0.1) is 0 Å². The van der Waals surface area contributed by atoms with Crippen LogP contribution in [0.5, 0.6) is 11.5 Å². The fourth-order valence-corrected chi connectivity index (χ4v) is 3.89. The summed E-state index contributed by atoms with van der Waals surface area (Å²) in [7, 11) is 1.81. The highest BCUT2D eigenvalue weighted by Gasteiger charge is 2.36. The minimum absolute atomic E-state index is 0.0102. The summed E-state index contributed by atoms with van der Waals surface area (Å²) in [5.74, 6) is 1.26. The van der Waals surface area contributed by atoms with Gasteiger partial charge in [-0.1, -0.05) is 23.7 Å². The molecule has 142 valence electrons. The summed E-state index contributed by atoms with van der Waals surface area (Å²) in [4.78, 5) is 14.7. The van der Waals surface area contributed by atoms with Gasteiger partial charge in [0.1, 0.15) is 19.0 Å². The van der Waals surface area contributed by atoms with Crippen LogP contribution in [0.2, 0.25) is 5.02 Å². The molecule has 0 aromatic heterocycles. The minimum Gasteiger partial charge on any atom is -0.486 e. The lowest BCUT2D eigenvalue weighted by molar-refractivity contribution is -0.131. The summed E-state index contributed by atoms with van der Waals surface area (Å²) in [5, 5.41) is 0.454. The van der Waals surface area contributed by atoms with Crippen LogP contribution >= 0.6 is 11.6 Å². The summed E-state index contributed by atoms with van der Waals surface area (Å²) in [5.41, 5.74) is 1.75. The number of halogens is 2. The quantitative estimate of drug-likeness (QED) is 0.760. The molecule has 27 heavy (non-hydrogen) atoms. The Bertz CT molecular complexity index is 851. The zero-order chi connectivity index (χ0) is 19.0. The third-order valence-corrected chi connectivity index (χ3v) is 5.38. The lowest BCUT2D eigenvalue weighted by atomic mass is 10.00. The van der Waals surface area contributed by atoms with Gasteiger partial charge in [0.15, 0.2) is 11.5 Å². The molecule has 0 N–H and O–H groups in total. The monoisotopic (exact) mass is 389 g/mol. The average molecular weight is 390 g/mol. The molecule has 0 saturated heterocycles. The summed E-state index contributed by atoms with van der Waals surface area (Å²) >= 11 is 6.28.